The Morgan fingerprint density at radius 1 is 1.29 bits per heavy atom. The molecule has 0 radical (unpaired) electrons. The van der Waals surface area contributed by atoms with Crippen molar-refractivity contribution < 1.29 is 17.9 Å². The van der Waals surface area contributed by atoms with Gasteiger partial charge in [-0.05, 0) is 17.7 Å². The van der Waals surface area contributed by atoms with Crippen LogP contribution in [0.5, 0.6) is 0 Å². The molecule has 0 saturated heterocycles. The van der Waals surface area contributed by atoms with Crippen molar-refractivity contribution in [2.75, 3.05) is 0 Å². The van der Waals surface area contributed by atoms with E-state index in [0.29, 0.717) is 12.0 Å². The molecule has 0 aliphatic carbocycles. The molecule has 0 saturated carbocycles. The standard InChI is InChI=1S/C8H7ClO4S/c9-14(11,12)8-3-1-7(2-4-8)5-13-6-10/h1-4,6H,5H2. The summed E-state index contributed by atoms with van der Waals surface area (Å²) in [5, 5.41) is 0. The van der Waals surface area contributed by atoms with E-state index >= 15 is 0 Å². The zero-order chi connectivity index (χ0) is 10.6. The Morgan fingerprint density at radius 2 is 1.86 bits per heavy atom. The molecule has 0 aliphatic heterocycles. The van der Waals surface area contributed by atoms with Crippen LogP contribution >= 0.6 is 10.7 Å². The highest BCUT2D eigenvalue weighted by Gasteiger charge is 2.08. The van der Waals surface area contributed by atoms with Crippen LogP contribution in [0.4, 0.5) is 0 Å². The van der Waals surface area contributed by atoms with Gasteiger partial charge in [0.05, 0.1) is 4.90 Å². The summed E-state index contributed by atoms with van der Waals surface area (Å²) in [6, 6.07) is 5.76. The molecular weight excluding hydrogens is 228 g/mol. The van der Waals surface area contributed by atoms with E-state index < -0.39 is 9.05 Å². The number of carbonyl (C=O) groups excluding carboxylic acids is 1. The first-order valence-electron chi connectivity index (χ1n) is 3.63. The molecule has 6 heteroatoms. The summed E-state index contributed by atoms with van der Waals surface area (Å²) in [4.78, 5) is 9.89. The molecule has 0 heterocycles. The van der Waals surface area contributed by atoms with Gasteiger partial charge in [0.15, 0.2) is 0 Å². The first-order valence-corrected chi connectivity index (χ1v) is 5.94. The van der Waals surface area contributed by atoms with Gasteiger partial charge in [-0.15, -0.1) is 0 Å². The molecule has 14 heavy (non-hydrogen) atoms. The Labute approximate surface area is 85.9 Å². The quantitative estimate of drug-likeness (QED) is 0.582. The molecule has 0 unspecified atom stereocenters. The molecule has 76 valence electrons. The van der Waals surface area contributed by atoms with Gasteiger partial charge in [0.2, 0.25) is 0 Å². The minimum atomic E-state index is -3.68. The molecule has 0 fully saturated rings. The Bertz CT molecular complexity index is 409. The summed E-state index contributed by atoms with van der Waals surface area (Å²) in [5.41, 5.74) is 0.696. The minimum absolute atomic E-state index is 0.0222. The average Bonchev–Trinajstić information content (AvgIpc) is 2.14. The molecule has 0 N–H and O–H groups in total. The van der Waals surface area contributed by atoms with Gasteiger partial charge >= 0.3 is 0 Å². The molecule has 1 aromatic carbocycles. The molecule has 0 bridgehead atoms. The topological polar surface area (TPSA) is 60.4 Å². The van der Waals surface area contributed by atoms with E-state index in [1.54, 1.807) is 0 Å². The number of ether oxygens (including phenoxy) is 1. The fourth-order valence-corrected chi connectivity index (χ4v) is 1.65. The van der Waals surface area contributed by atoms with Gasteiger partial charge in [0.25, 0.3) is 15.5 Å². The third-order valence-corrected chi connectivity index (χ3v) is 2.89. The van der Waals surface area contributed by atoms with Crippen LogP contribution in [0.3, 0.4) is 0 Å². The predicted octanol–water partition coefficient (Wildman–Crippen LogP) is 1.29. The summed E-state index contributed by atoms with van der Waals surface area (Å²) in [6.45, 7) is 0.443. The van der Waals surface area contributed by atoms with Crippen molar-refractivity contribution in [2.45, 2.75) is 11.5 Å². The maximum absolute atomic E-state index is 10.8. The van der Waals surface area contributed by atoms with Crippen molar-refractivity contribution in [2.24, 2.45) is 0 Å². The summed E-state index contributed by atoms with van der Waals surface area (Å²) >= 11 is 0. The minimum Gasteiger partial charge on any atom is -0.463 e. The average molecular weight is 235 g/mol. The van der Waals surface area contributed by atoms with E-state index in [4.69, 9.17) is 10.7 Å². The van der Waals surface area contributed by atoms with Crippen LogP contribution in [0.15, 0.2) is 29.2 Å². The van der Waals surface area contributed by atoms with Crippen LogP contribution in [-0.2, 0) is 25.2 Å². The first kappa shape index (κ1) is 11.0. The molecular formula is C8H7ClO4S. The molecule has 4 nitrogen and oxygen atoms in total. The summed E-state index contributed by atoms with van der Waals surface area (Å²) in [7, 11) is 1.42. The van der Waals surface area contributed by atoms with Gasteiger partial charge in [-0.1, -0.05) is 12.1 Å². The van der Waals surface area contributed by atoms with Crippen LogP contribution in [0.1, 0.15) is 5.56 Å². The van der Waals surface area contributed by atoms with E-state index in [0.717, 1.165) is 0 Å². The van der Waals surface area contributed by atoms with Crippen LogP contribution in [0.2, 0.25) is 0 Å². The predicted molar refractivity (Wildman–Crippen MR) is 50.3 cm³/mol. The SMILES string of the molecule is O=COCc1ccc(S(=O)(=O)Cl)cc1. The lowest BCUT2D eigenvalue weighted by molar-refractivity contribution is -0.129. The van der Waals surface area contributed by atoms with Crippen molar-refractivity contribution in [3.8, 4) is 0 Å². The zero-order valence-electron chi connectivity index (χ0n) is 7.01. The molecule has 0 aliphatic rings. The van der Waals surface area contributed by atoms with Gasteiger partial charge in [-0.3, -0.25) is 4.79 Å². The van der Waals surface area contributed by atoms with Crippen molar-refractivity contribution in [1.82, 2.24) is 0 Å². The highest BCUT2D eigenvalue weighted by molar-refractivity contribution is 8.13. The van der Waals surface area contributed by atoms with Crippen LogP contribution in [0.25, 0.3) is 0 Å². The van der Waals surface area contributed by atoms with Crippen molar-refractivity contribution in [1.29, 1.82) is 0 Å². The smallest absolute Gasteiger partial charge is 0.293 e. The Balaban J connectivity index is 2.84. The number of hydrogen-bond acceptors (Lipinski definition) is 4. The lowest BCUT2D eigenvalue weighted by atomic mass is 10.2. The van der Waals surface area contributed by atoms with Gasteiger partial charge in [-0.25, -0.2) is 8.42 Å². The molecule has 0 spiro atoms. The third kappa shape index (κ3) is 3.01. The second-order valence-corrected chi connectivity index (χ2v) is 5.05. The summed E-state index contributed by atoms with van der Waals surface area (Å²) in [5.74, 6) is 0. The molecule has 0 atom stereocenters. The fourth-order valence-electron chi connectivity index (χ4n) is 0.878. The van der Waals surface area contributed by atoms with Crippen molar-refractivity contribution >= 4 is 26.2 Å². The van der Waals surface area contributed by atoms with E-state index in [2.05, 4.69) is 4.74 Å². The fraction of sp³-hybridized carbons (Fsp3) is 0.125. The second kappa shape index (κ2) is 4.43. The largest absolute Gasteiger partial charge is 0.463 e. The number of carbonyl (C=O) groups is 1. The summed E-state index contributed by atoms with van der Waals surface area (Å²) in [6.07, 6.45) is 0. The maximum Gasteiger partial charge on any atom is 0.293 e. The van der Waals surface area contributed by atoms with Crippen molar-refractivity contribution in [3.63, 3.8) is 0 Å². The Morgan fingerprint density at radius 3 is 2.29 bits per heavy atom. The Hall–Kier alpha value is -1.07. The maximum atomic E-state index is 10.8. The number of hydrogen-bond donors (Lipinski definition) is 0. The van der Waals surface area contributed by atoms with Crippen LogP contribution in [-0.4, -0.2) is 14.9 Å². The molecule has 1 rings (SSSR count). The normalized spacial score (nSPS) is 10.9. The van der Waals surface area contributed by atoms with Gasteiger partial charge in [-0.2, -0.15) is 0 Å². The highest BCUT2D eigenvalue weighted by Crippen LogP contribution is 2.15. The van der Waals surface area contributed by atoms with E-state index in [-0.39, 0.29) is 11.5 Å². The highest BCUT2D eigenvalue weighted by atomic mass is 35.7. The zero-order valence-corrected chi connectivity index (χ0v) is 8.59. The lowest BCUT2D eigenvalue weighted by Crippen LogP contribution is -1.93. The monoisotopic (exact) mass is 234 g/mol. The number of benzene rings is 1. The third-order valence-electron chi connectivity index (χ3n) is 1.52. The van der Waals surface area contributed by atoms with Crippen LogP contribution < -0.4 is 0 Å². The van der Waals surface area contributed by atoms with E-state index in [9.17, 15) is 13.2 Å². The molecule has 0 amide bonds. The van der Waals surface area contributed by atoms with Gasteiger partial charge in [0, 0.05) is 10.7 Å². The van der Waals surface area contributed by atoms with E-state index in [1.165, 1.54) is 24.3 Å². The lowest BCUT2D eigenvalue weighted by Gasteiger charge is -2.00. The Kier molecular flexibility index (Phi) is 3.49. The van der Waals surface area contributed by atoms with Crippen LogP contribution in [0, 0.1) is 0 Å². The second-order valence-electron chi connectivity index (χ2n) is 2.49. The summed E-state index contributed by atoms with van der Waals surface area (Å²) < 4.78 is 26.2. The molecule has 1 aromatic rings. The number of halogens is 1. The van der Waals surface area contributed by atoms with Gasteiger partial charge in [0.1, 0.15) is 6.61 Å². The number of rotatable bonds is 4. The van der Waals surface area contributed by atoms with E-state index in [1.807, 2.05) is 0 Å². The molecule has 0 aromatic heterocycles. The van der Waals surface area contributed by atoms with Gasteiger partial charge < -0.3 is 4.74 Å². The first-order chi connectivity index (χ1) is 6.54. The van der Waals surface area contributed by atoms with Crippen molar-refractivity contribution in [3.05, 3.63) is 29.8 Å².